The van der Waals surface area contributed by atoms with Crippen LogP contribution in [0.4, 0.5) is 5.82 Å². The summed E-state index contributed by atoms with van der Waals surface area (Å²) in [4.78, 5) is 8.91. The second kappa shape index (κ2) is 5.66. The first-order valence-corrected chi connectivity index (χ1v) is 6.80. The van der Waals surface area contributed by atoms with Crippen LogP contribution in [0.2, 0.25) is 0 Å². The molecular formula is C14H23N5O. The van der Waals surface area contributed by atoms with Crippen LogP contribution in [-0.2, 0) is 0 Å². The molecule has 2 rings (SSSR count). The molecule has 0 aliphatic carbocycles. The van der Waals surface area contributed by atoms with Crippen molar-refractivity contribution >= 4 is 11.7 Å². The van der Waals surface area contributed by atoms with Crippen LogP contribution in [0, 0.1) is 12.8 Å². The highest BCUT2D eigenvalue weighted by atomic mass is 16.4. The molecule has 1 aromatic rings. The smallest absolute Gasteiger partial charge is 0.174 e. The summed E-state index contributed by atoms with van der Waals surface area (Å²) in [6.07, 6.45) is 1.77. The number of nitrogens with two attached hydrogens (primary N) is 1. The van der Waals surface area contributed by atoms with Gasteiger partial charge in [-0.2, -0.15) is 0 Å². The van der Waals surface area contributed by atoms with Crippen molar-refractivity contribution in [1.29, 1.82) is 0 Å². The molecule has 110 valence electrons. The molecular weight excluding hydrogens is 254 g/mol. The number of rotatable bonds is 3. The normalized spacial score (nSPS) is 23.6. The molecule has 6 nitrogen and oxygen atoms in total. The molecule has 1 aromatic heterocycles. The Hall–Kier alpha value is -1.82. The fourth-order valence-corrected chi connectivity index (χ4v) is 2.95. The molecule has 0 amide bonds. The molecule has 0 saturated carbocycles. The fourth-order valence-electron chi connectivity index (χ4n) is 2.95. The van der Waals surface area contributed by atoms with Crippen molar-refractivity contribution < 1.29 is 5.21 Å². The van der Waals surface area contributed by atoms with Crippen molar-refractivity contribution in [3.63, 3.8) is 0 Å². The van der Waals surface area contributed by atoms with Gasteiger partial charge in [0, 0.05) is 25.3 Å². The van der Waals surface area contributed by atoms with Gasteiger partial charge < -0.3 is 20.7 Å². The van der Waals surface area contributed by atoms with E-state index in [1.165, 1.54) is 0 Å². The third-order valence-corrected chi connectivity index (χ3v) is 4.04. The summed E-state index contributed by atoms with van der Waals surface area (Å²) in [5, 5.41) is 12.1. The van der Waals surface area contributed by atoms with Gasteiger partial charge in [0.15, 0.2) is 5.84 Å². The van der Waals surface area contributed by atoms with Gasteiger partial charge in [0.2, 0.25) is 0 Å². The van der Waals surface area contributed by atoms with E-state index in [1.807, 2.05) is 13.0 Å². The van der Waals surface area contributed by atoms with Crippen molar-refractivity contribution in [1.82, 2.24) is 9.88 Å². The monoisotopic (exact) mass is 277 g/mol. The predicted octanol–water partition coefficient (Wildman–Crippen LogP) is 0.871. The van der Waals surface area contributed by atoms with E-state index in [0.29, 0.717) is 12.0 Å². The van der Waals surface area contributed by atoms with E-state index in [0.717, 1.165) is 30.0 Å². The third kappa shape index (κ3) is 2.56. The van der Waals surface area contributed by atoms with Crippen molar-refractivity contribution in [2.45, 2.75) is 19.9 Å². The number of anilines is 1. The molecule has 0 spiro atoms. The molecule has 0 bridgehead atoms. The summed E-state index contributed by atoms with van der Waals surface area (Å²) in [5.74, 6) is 1.47. The van der Waals surface area contributed by atoms with E-state index < -0.39 is 0 Å². The van der Waals surface area contributed by atoms with Crippen molar-refractivity contribution in [3.05, 3.63) is 23.4 Å². The largest absolute Gasteiger partial charge is 0.409 e. The molecule has 20 heavy (non-hydrogen) atoms. The molecule has 0 aromatic carbocycles. The lowest BCUT2D eigenvalue weighted by atomic mass is 10.1. The molecule has 0 radical (unpaired) electrons. The molecule has 2 atom stereocenters. The Balaban J connectivity index is 2.38. The minimum absolute atomic E-state index is 0.117. The number of hydrogen-bond donors (Lipinski definition) is 2. The molecule has 6 heteroatoms. The second-order valence-corrected chi connectivity index (χ2v) is 5.72. The number of pyridine rings is 1. The van der Waals surface area contributed by atoms with E-state index in [-0.39, 0.29) is 5.84 Å². The Morgan fingerprint density at radius 3 is 2.75 bits per heavy atom. The summed E-state index contributed by atoms with van der Waals surface area (Å²) in [6.45, 7) is 6.01. The average Bonchev–Trinajstić information content (AvgIpc) is 2.79. The lowest BCUT2D eigenvalue weighted by Crippen LogP contribution is -2.35. The molecule has 2 unspecified atom stereocenters. The lowest BCUT2D eigenvalue weighted by Gasteiger charge is -2.23. The summed E-state index contributed by atoms with van der Waals surface area (Å²) >= 11 is 0. The van der Waals surface area contributed by atoms with Gasteiger partial charge in [-0.25, -0.2) is 4.98 Å². The predicted molar refractivity (Wildman–Crippen MR) is 80.3 cm³/mol. The summed E-state index contributed by atoms with van der Waals surface area (Å²) < 4.78 is 0. The maximum Gasteiger partial charge on any atom is 0.174 e. The fraction of sp³-hybridized carbons (Fsp3) is 0.571. The Labute approximate surface area is 119 Å². The lowest BCUT2D eigenvalue weighted by molar-refractivity contribution is 0.266. The van der Waals surface area contributed by atoms with E-state index in [4.69, 9.17) is 10.9 Å². The van der Waals surface area contributed by atoms with Gasteiger partial charge in [-0.15, -0.1) is 0 Å². The second-order valence-electron chi connectivity index (χ2n) is 5.72. The molecule has 2 heterocycles. The number of amidine groups is 1. The average molecular weight is 277 g/mol. The Morgan fingerprint density at radius 1 is 1.50 bits per heavy atom. The summed E-state index contributed by atoms with van der Waals surface area (Å²) in [5.41, 5.74) is 7.50. The highest BCUT2D eigenvalue weighted by molar-refractivity contribution is 6.02. The number of hydrogen-bond acceptors (Lipinski definition) is 5. The third-order valence-electron chi connectivity index (χ3n) is 4.04. The van der Waals surface area contributed by atoms with Gasteiger partial charge in [-0.1, -0.05) is 12.1 Å². The van der Waals surface area contributed by atoms with E-state index in [9.17, 15) is 0 Å². The van der Waals surface area contributed by atoms with Crippen LogP contribution < -0.4 is 10.6 Å². The zero-order chi connectivity index (χ0) is 14.9. The van der Waals surface area contributed by atoms with Crippen molar-refractivity contribution in [3.8, 4) is 0 Å². The minimum atomic E-state index is 0.117. The molecule has 1 aliphatic heterocycles. The summed E-state index contributed by atoms with van der Waals surface area (Å²) in [6, 6.07) is 2.36. The molecule has 1 aliphatic rings. The van der Waals surface area contributed by atoms with E-state index >= 15 is 0 Å². The Kier molecular flexibility index (Phi) is 4.13. The molecule has 1 saturated heterocycles. The first-order chi connectivity index (χ1) is 9.45. The van der Waals surface area contributed by atoms with Crippen LogP contribution in [-0.4, -0.2) is 54.2 Å². The summed E-state index contributed by atoms with van der Waals surface area (Å²) in [7, 11) is 4.19. The maximum atomic E-state index is 8.98. The first-order valence-electron chi connectivity index (χ1n) is 6.80. The van der Waals surface area contributed by atoms with Crippen molar-refractivity contribution in [2.75, 3.05) is 32.1 Å². The number of likely N-dealkylation sites (N-methyl/N-ethyl adjacent to an activating group) is 1. The minimum Gasteiger partial charge on any atom is -0.409 e. The van der Waals surface area contributed by atoms with E-state index in [2.05, 4.69) is 41.0 Å². The van der Waals surface area contributed by atoms with Gasteiger partial charge >= 0.3 is 0 Å². The van der Waals surface area contributed by atoms with Gasteiger partial charge in [-0.05, 0) is 38.6 Å². The number of aromatic nitrogens is 1. The zero-order valence-corrected chi connectivity index (χ0v) is 12.5. The maximum absolute atomic E-state index is 8.98. The van der Waals surface area contributed by atoms with E-state index in [1.54, 1.807) is 6.20 Å². The molecule has 1 fully saturated rings. The Bertz CT molecular complexity index is 514. The quantitative estimate of drug-likeness (QED) is 0.371. The highest BCUT2D eigenvalue weighted by Crippen LogP contribution is 2.28. The van der Waals surface area contributed by atoms with Crippen LogP contribution in [0.3, 0.4) is 0 Å². The van der Waals surface area contributed by atoms with Crippen LogP contribution in [0.15, 0.2) is 17.4 Å². The number of nitrogens with zero attached hydrogens (tertiary/aromatic N) is 4. The van der Waals surface area contributed by atoms with Gasteiger partial charge in [-0.3, -0.25) is 0 Å². The standard InChI is InChI=1S/C14H23N5O/c1-9-5-6-16-14(12(9)13(15)17-20)19-7-10(2)11(8-19)18(3)4/h5-6,10-11,20H,7-8H2,1-4H3,(H2,15,17). The SMILES string of the molecule is Cc1ccnc(N2CC(C)C(N(C)C)C2)c1/C(N)=N/O. The van der Waals surface area contributed by atoms with Gasteiger partial charge in [0.05, 0.1) is 5.56 Å². The number of aryl methyl sites for hydroxylation is 1. The highest BCUT2D eigenvalue weighted by Gasteiger charge is 2.33. The number of oxime groups is 1. The van der Waals surface area contributed by atoms with Crippen LogP contribution in [0.5, 0.6) is 0 Å². The first kappa shape index (κ1) is 14.6. The van der Waals surface area contributed by atoms with Crippen LogP contribution in [0.25, 0.3) is 0 Å². The van der Waals surface area contributed by atoms with Gasteiger partial charge in [0.1, 0.15) is 5.82 Å². The zero-order valence-electron chi connectivity index (χ0n) is 12.5. The Morgan fingerprint density at radius 2 is 2.20 bits per heavy atom. The van der Waals surface area contributed by atoms with Crippen molar-refractivity contribution in [2.24, 2.45) is 16.8 Å². The van der Waals surface area contributed by atoms with Crippen LogP contribution >= 0.6 is 0 Å². The van der Waals surface area contributed by atoms with Gasteiger partial charge in [0.25, 0.3) is 0 Å². The molecule has 3 N–H and O–H groups in total. The topological polar surface area (TPSA) is 78.0 Å². The van der Waals surface area contributed by atoms with Crippen LogP contribution in [0.1, 0.15) is 18.1 Å².